The first kappa shape index (κ1) is 17.7. The molecule has 0 aliphatic rings. The number of aromatic nitrogens is 5. The fourth-order valence-electron chi connectivity index (χ4n) is 3.64. The van der Waals surface area contributed by atoms with Gasteiger partial charge in [0, 0.05) is 22.6 Å². The Morgan fingerprint density at radius 1 is 1.03 bits per heavy atom. The monoisotopic (exact) mass is 403 g/mol. The van der Waals surface area contributed by atoms with Gasteiger partial charge in [-0.1, -0.05) is 23.7 Å². The highest BCUT2D eigenvalue weighted by Gasteiger charge is 2.13. The summed E-state index contributed by atoms with van der Waals surface area (Å²) in [6.45, 7) is 1.01. The van der Waals surface area contributed by atoms with Crippen molar-refractivity contribution < 1.29 is 0 Å². The van der Waals surface area contributed by atoms with Crippen LogP contribution in [0, 0.1) is 0 Å². The van der Waals surface area contributed by atoms with E-state index in [0.29, 0.717) is 35.1 Å². The Bertz CT molecular complexity index is 1350. The fraction of sp³-hybridized carbons (Fsp3) is 0.0952. The minimum absolute atomic E-state index is 0.372. The first-order chi connectivity index (χ1) is 14.1. The molecule has 5 rings (SSSR count). The average Bonchev–Trinajstić information content (AvgIpc) is 3.33. The van der Waals surface area contributed by atoms with E-state index in [-0.39, 0.29) is 0 Å². The van der Waals surface area contributed by atoms with Crippen LogP contribution in [0.2, 0.25) is 5.02 Å². The number of nitrogens with zero attached hydrogens (tertiary/aromatic N) is 4. The van der Waals surface area contributed by atoms with Crippen molar-refractivity contribution in [3.8, 4) is 11.1 Å². The number of nitrogens with one attached hydrogen (secondary N) is 1. The summed E-state index contributed by atoms with van der Waals surface area (Å²) in [5, 5.41) is 1.80. The number of anilines is 1. The van der Waals surface area contributed by atoms with E-state index < -0.39 is 0 Å². The van der Waals surface area contributed by atoms with Crippen LogP contribution in [0.3, 0.4) is 0 Å². The summed E-state index contributed by atoms with van der Waals surface area (Å²) in [6.07, 6.45) is 3.19. The number of fused-ring (bicyclic) bond motifs is 2. The quantitative estimate of drug-likeness (QED) is 0.423. The number of hydrogen-bond acceptors (Lipinski definition) is 5. The molecule has 0 saturated carbocycles. The maximum absolute atomic E-state index is 6.21. The molecule has 0 unspecified atom stereocenters. The van der Waals surface area contributed by atoms with Crippen molar-refractivity contribution in [2.75, 3.05) is 5.73 Å². The average molecular weight is 404 g/mol. The molecule has 0 amide bonds. The van der Waals surface area contributed by atoms with Gasteiger partial charge < -0.3 is 21.0 Å². The van der Waals surface area contributed by atoms with E-state index in [9.17, 15) is 0 Å². The molecule has 8 heteroatoms. The fourth-order valence-corrected chi connectivity index (χ4v) is 3.83. The third-order valence-electron chi connectivity index (χ3n) is 5.01. The van der Waals surface area contributed by atoms with Gasteiger partial charge in [-0.25, -0.2) is 15.0 Å². The van der Waals surface area contributed by atoms with Gasteiger partial charge in [0.2, 0.25) is 0 Å². The van der Waals surface area contributed by atoms with Gasteiger partial charge in [-0.05, 0) is 47.0 Å². The number of hydrogen-bond donors (Lipinski definition) is 3. The van der Waals surface area contributed by atoms with Gasteiger partial charge in [0.25, 0.3) is 0 Å². The van der Waals surface area contributed by atoms with Gasteiger partial charge in [0.15, 0.2) is 11.5 Å². The minimum Gasteiger partial charge on any atom is -0.382 e. The molecule has 2 aromatic carbocycles. The normalized spacial score (nSPS) is 11.5. The molecule has 3 heterocycles. The Labute approximate surface area is 171 Å². The van der Waals surface area contributed by atoms with Crippen molar-refractivity contribution in [2.24, 2.45) is 5.73 Å². The second kappa shape index (κ2) is 6.88. The van der Waals surface area contributed by atoms with Gasteiger partial charge >= 0.3 is 0 Å². The summed E-state index contributed by atoms with van der Waals surface area (Å²) < 4.78 is 1.97. The van der Waals surface area contributed by atoms with E-state index in [1.165, 1.54) is 6.33 Å². The predicted octanol–water partition coefficient (Wildman–Crippen LogP) is 3.72. The van der Waals surface area contributed by atoms with E-state index in [4.69, 9.17) is 23.1 Å². The molecule has 0 bridgehead atoms. The van der Waals surface area contributed by atoms with E-state index in [1.54, 1.807) is 6.33 Å². The zero-order chi connectivity index (χ0) is 20.0. The standard InChI is InChI=1S/C21H18ClN7/c22-16-3-1-2-12(6-16)13-4-14-7-17(8-23)28-18(14)15(5-13)9-29-11-27-19-20(24)25-10-26-21(19)29/h1-7,10-11,28H,8-9,23H2,(H2,24,25,26). The van der Waals surface area contributed by atoms with Crippen LogP contribution in [0.15, 0.2) is 55.1 Å². The molecule has 3 aromatic heterocycles. The highest BCUT2D eigenvalue weighted by atomic mass is 35.5. The zero-order valence-corrected chi connectivity index (χ0v) is 16.2. The summed E-state index contributed by atoms with van der Waals surface area (Å²) in [4.78, 5) is 16.2. The number of aromatic amines is 1. The Hall–Kier alpha value is -3.42. The topological polar surface area (TPSA) is 111 Å². The summed E-state index contributed by atoms with van der Waals surface area (Å²) >= 11 is 6.21. The smallest absolute Gasteiger partial charge is 0.165 e. The Morgan fingerprint density at radius 3 is 2.76 bits per heavy atom. The number of benzene rings is 2. The third-order valence-corrected chi connectivity index (χ3v) is 5.25. The second-order valence-corrected chi connectivity index (χ2v) is 7.35. The van der Waals surface area contributed by atoms with E-state index >= 15 is 0 Å². The number of H-pyrrole nitrogens is 1. The van der Waals surface area contributed by atoms with Gasteiger partial charge in [-0.15, -0.1) is 0 Å². The highest BCUT2D eigenvalue weighted by Crippen LogP contribution is 2.30. The minimum atomic E-state index is 0.372. The molecule has 0 spiro atoms. The van der Waals surface area contributed by atoms with Crippen molar-refractivity contribution in [1.29, 1.82) is 0 Å². The van der Waals surface area contributed by atoms with Gasteiger partial charge in [-0.3, -0.25) is 0 Å². The van der Waals surface area contributed by atoms with Gasteiger partial charge in [-0.2, -0.15) is 0 Å². The van der Waals surface area contributed by atoms with Crippen LogP contribution in [-0.2, 0) is 13.1 Å². The molecular formula is C21H18ClN7. The maximum atomic E-state index is 6.21. The third kappa shape index (κ3) is 3.10. The highest BCUT2D eigenvalue weighted by molar-refractivity contribution is 6.30. The van der Waals surface area contributed by atoms with E-state index in [0.717, 1.165) is 33.3 Å². The van der Waals surface area contributed by atoms with Crippen molar-refractivity contribution in [3.05, 3.63) is 71.4 Å². The van der Waals surface area contributed by atoms with Crippen LogP contribution in [0.4, 0.5) is 5.82 Å². The van der Waals surface area contributed by atoms with Crippen LogP contribution >= 0.6 is 11.6 Å². The lowest BCUT2D eigenvalue weighted by atomic mass is 10.0. The Morgan fingerprint density at radius 2 is 1.93 bits per heavy atom. The molecular weight excluding hydrogens is 386 g/mol. The van der Waals surface area contributed by atoms with Crippen LogP contribution in [0.1, 0.15) is 11.3 Å². The zero-order valence-electron chi connectivity index (χ0n) is 15.4. The number of nitrogen functional groups attached to an aromatic ring is 1. The van der Waals surface area contributed by atoms with Gasteiger partial charge in [0.05, 0.1) is 18.4 Å². The van der Waals surface area contributed by atoms with Crippen LogP contribution < -0.4 is 11.5 Å². The van der Waals surface area contributed by atoms with E-state index in [2.05, 4.69) is 38.1 Å². The Balaban J connectivity index is 1.68. The van der Waals surface area contributed by atoms with Crippen molar-refractivity contribution >= 4 is 39.5 Å². The van der Waals surface area contributed by atoms with Gasteiger partial charge in [0.1, 0.15) is 11.8 Å². The first-order valence-corrected chi connectivity index (χ1v) is 9.52. The number of halogens is 1. The molecule has 144 valence electrons. The SMILES string of the molecule is NCc1cc2cc(-c3cccc(Cl)c3)cc(Cn3cnc4c(N)ncnc43)c2[nH]1. The van der Waals surface area contributed by atoms with Crippen molar-refractivity contribution in [1.82, 2.24) is 24.5 Å². The lowest BCUT2D eigenvalue weighted by Crippen LogP contribution is -2.02. The number of rotatable bonds is 4. The summed E-state index contributed by atoms with van der Waals surface area (Å²) in [5.74, 6) is 0.372. The summed E-state index contributed by atoms with van der Waals surface area (Å²) in [6, 6.07) is 14.2. The maximum Gasteiger partial charge on any atom is 0.165 e. The lowest BCUT2D eigenvalue weighted by Gasteiger charge is -2.10. The van der Waals surface area contributed by atoms with Crippen molar-refractivity contribution in [3.63, 3.8) is 0 Å². The summed E-state index contributed by atoms with van der Waals surface area (Å²) in [7, 11) is 0. The molecule has 0 radical (unpaired) electrons. The molecule has 5 N–H and O–H groups in total. The van der Waals surface area contributed by atoms with Crippen LogP contribution in [0.5, 0.6) is 0 Å². The molecule has 0 aliphatic carbocycles. The molecule has 7 nitrogen and oxygen atoms in total. The predicted molar refractivity (Wildman–Crippen MR) is 115 cm³/mol. The molecule has 0 aliphatic heterocycles. The second-order valence-electron chi connectivity index (χ2n) is 6.91. The van der Waals surface area contributed by atoms with Crippen LogP contribution in [0.25, 0.3) is 33.2 Å². The first-order valence-electron chi connectivity index (χ1n) is 9.14. The molecule has 0 fully saturated rings. The molecule has 0 atom stereocenters. The molecule has 29 heavy (non-hydrogen) atoms. The van der Waals surface area contributed by atoms with Crippen LogP contribution in [-0.4, -0.2) is 24.5 Å². The molecule has 0 saturated heterocycles. The Kier molecular flexibility index (Phi) is 4.19. The summed E-state index contributed by atoms with van der Waals surface area (Å²) in [5.41, 5.74) is 18.3. The number of nitrogens with two attached hydrogens (primary N) is 2. The van der Waals surface area contributed by atoms with E-state index in [1.807, 2.05) is 28.8 Å². The lowest BCUT2D eigenvalue weighted by molar-refractivity contribution is 0.817. The molecule has 5 aromatic rings. The van der Waals surface area contributed by atoms with Crippen molar-refractivity contribution in [2.45, 2.75) is 13.1 Å². The number of imidazole rings is 1. The largest absolute Gasteiger partial charge is 0.382 e.